The third-order valence-corrected chi connectivity index (χ3v) is 6.98. The summed E-state index contributed by atoms with van der Waals surface area (Å²) in [6.45, 7) is 1.94. The Bertz CT molecular complexity index is 1400. The van der Waals surface area contributed by atoms with Gasteiger partial charge in [-0.15, -0.1) is 0 Å². The topological polar surface area (TPSA) is 84.9 Å². The Morgan fingerprint density at radius 3 is 2.50 bits per heavy atom. The van der Waals surface area contributed by atoms with E-state index in [1.165, 1.54) is 29.2 Å². The molecule has 0 bridgehead atoms. The highest BCUT2D eigenvalue weighted by Crippen LogP contribution is 2.39. The molecule has 0 saturated carbocycles. The van der Waals surface area contributed by atoms with Gasteiger partial charge in [0.25, 0.3) is 17.1 Å². The lowest BCUT2D eigenvalue weighted by Gasteiger charge is -2.15. The highest BCUT2D eigenvalue weighted by Gasteiger charge is 2.35. The summed E-state index contributed by atoms with van der Waals surface area (Å²) in [6, 6.07) is 15.7. The highest BCUT2D eigenvalue weighted by molar-refractivity contribution is 9.10. The van der Waals surface area contributed by atoms with E-state index in [-0.39, 0.29) is 23.3 Å². The Morgan fingerprint density at radius 2 is 1.82 bits per heavy atom. The SMILES string of the molecule is CCOc1cc(/C=C2/SC(=O)N(Cc3ccc(Cl)cc3)C2=O)cc(Br)c1OCC(=O)Nc1ccc(F)cc1. The van der Waals surface area contributed by atoms with Gasteiger partial charge in [-0.3, -0.25) is 19.3 Å². The number of amides is 3. The lowest BCUT2D eigenvalue weighted by molar-refractivity contribution is -0.123. The van der Waals surface area contributed by atoms with Crippen molar-refractivity contribution in [1.82, 2.24) is 4.90 Å². The number of carbonyl (C=O) groups excluding carboxylic acids is 3. The molecule has 0 radical (unpaired) electrons. The molecule has 1 saturated heterocycles. The number of anilines is 1. The van der Waals surface area contributed by atoms with Crippen LogP contribution in [0.3, 0.4) is 0 Å². The first-order valence-electron chi connectivity index (χ1n) is 11.4. The van der Waals surface area contributed by atoms with Crippen LogP contribution in [0.1, 0.15) is 18.1 Å². The maximum atomic E-state index is 13.1. The van der Waals surface area contributed by atoms with Gasteiger partial charge in [0.15, 0.2) is 18.1 Å². The van der Waals surface area contributed by atoms with Crippen LogP contribution in [0.25, 0.3) is 6.08 Å². The number of rotatable bonds is 9. The lowest BCUT2D eigenvalue weighted by atomic mass is 10.1. The van der Waals surface area contributed by atoms with Crippen molar-refractivity contribution in [3.63, 3.8) is 0 Å². The molecule has 3 aromatic carbocycles. The Balaban J connectivity index is 1.48. The second kappa shape index (κ2) is 12.5. The predicted molar refractivity (Wildman–Crippen MR) is 149 cm³/mol. The molecule has 1 heterocycles. The van der Waals surface area contributed by atoms with E-state index in [0.29, 0.717) is 38.9 Å². The summed E-state index contributed by atoms with van der Waals surface area (Å²) < 4.78 is 25.0. The van der Waals surface area contributed by atoms with Gasteiger partial charge in [0.05, 0.1) is 22.5 Å². The normalized spacial score (nSPS) is 14.2. The molecule has 0 spiro atoms. The van der Waals surface area contributed by atoms with Crippen LogP contribution in [0.15, 0.2) is 70.0 Å². The van der Waals surface area contributed by atoms with Gasteiger partial charge in [-0.05, 0) is 100 Å². The summed E-state index contributed by atoms with van der Waals surface area (Å²) in [6.07, 6.45) is 1.60. The average Bonchev–Trinajstić information content (AvgIpc) is 3.13. The van der Waals surface area contributed by atoms with Crippen molar-refractivity contribution in [3.05, 3.63) is 92.0 Å². The Kier molecular flexibility index (Phi) is 9.09. The number of halogens is 3. The summed E-state index contributed by atoms with van der Waals surface area (Å²) >= 11 is 10.2. The first-order valence-corrected chi connectivity index (χ1v) is 13.4. The number of ether oxygens (including phenoxy) is 2. The number of thioether (sulfide) groups is 1. The Labute approximate surface area is 236 Å². The molecule has 1 fully saturated rings. The van der Waals surface area contributed by atoms with Gasteiger partial charge in [-0.1, -0.05) is 23.7 Å². The summed E-state index contributed by atoms with van der Waals surface area (Å²) in [5, 5.41) is 2.82. The number of carbonyl (C=O) groups is 3. The van der Waals surface area contributed by atoms with E-state index >= 15 is 0 Å². The smallest absolute Gasteiger partial charge is 0.293 e. The predicted octanol–water partition coefficient (Wildman–Crippen LogP) is 6.89. The summed E-state index contributed by atoms with van der Waals surface area (Å²) in [7, 11) is 0. The fourth-order valence-electron chi connectivity index (χ4n) is 3.50. The van der Waals surface area contributed by atoms with Crippen molar-refractivity contribution in [2.24, 2.45) is 0 Å². The van der Waals surface area contributed by atoms with Crippen LogP contribution in [-0.4, -0.2) is 35.2 Å². The van der Waals surface area contributed by atoms with Gasteiger partial charge in [0, 0.05) is 10.7 Å². The molecular formula is C27H21BrClFN2O5S. The monoisotopic (exact) mass is 618 g/mol. The third kappa shape index (κ3) is 6.94. The molecular weight excluding hydrogens is 599 g/mol. The molecule has 0 atom stereocenters. The van der Waals surface area contributed by atoms with Gasteiger partial charge < -0.3 is 14.8 Å². The molecule has 1 aliphatic heterocycles. The third-order valence-electron chi connectivity index (χ3n) is 5.23. The van der Waals surface area contributed by atoms with E-state index < -0.39 is 17.6 Å². The number of nitrogens with one attached hydrogen (secondary N) is 1. The zero-order chi connectivity index (χ0) is 27.2. The van der Waals surface area contributed by atoms with E-state index in [1.807, 2.05) is 0 Å². The zero-order valence-corrected chi connectivity index (χ0v) is 23.2. The molecule has 38 heavy (non-hydrogen) atoms. The zero-order valence-electron chi connectivity index (χ0n) is 20.0. The molecule has 4 rings (SSSR count). The number of benzene rings is 3. The molecule has 1 aliphatic rings. The summed E-state index contributed by atoms with van der Waals surface area (Å²) in [5.74, 6) is -0.598. The van der Waals surface area contributed by atoms with Crippen molar-refractivity contribution >= 4 is 68.1 Å². The lowest BCUT2D eigenvalue weighted by Crippen LogP contribution is -2.27. The number of imide groups is 1. The Morgan fingerprint density at radius 1 is 1.11 bits per heavy atom. The van der Waals surface area contributed by atoms with Gasteiger partial charge >= 0.3 is 0 Å². The minimum absolute atomic E-state index is 0.139. The first-order chi connectivity index (χ1) is 18.2. The van der Waals surface area contributed by atoms with E-state index in [2.05, 4.69) is 21.2 Å². The highest BCUT2D eigenvalue weighted by atomic mass is 79.9. The molecule has 0 aliphatic carbocycles. The van der Waals surface area contributed by atoms with Gasteiger partial charge in [0.2, 0.25) is 0 Å². The number of hydrogen-bond donors (Lipinski definition) is 1. The van der Waals surface area contributed by atoms with Crippen molar-refractivity contribution in [3.8, 4) is 11.5 Å². The molecule has 0 unspecified atom stereocenters. The van der Waals surface area contributed by atoms with E-state index in [9.17, 15) is 18.8 Å². The molecule has 0 aromatic heterocycles. The fourth-order valence-corrected chi connectivity index (χ4v) is 5.04. The minimum atomic E-state index is -0.440. The van der Waals surface area contributed by atoms with E-state index in [1.54, 1.807) is 49.4 Å². The van der Waals surface area contributed by atoms with Crippen LogP contribution in [-0.2, 0) is 16.1 Å². The molecule has 7 nitrogen and oxygen atoms in total. The van der Waals surface area contributed by atoms with Crippen LogP contribution in [0.4, 0.5) is 14.9 Å². The minimum Gasteiger partial charge on any atom is -0.490 e. The van der Waals surface area contributed by atoms with Crippen LogP contribution in [0.2, 0.25) is 5.02 Å². The van der Waals surface area contributed by atoms with Gasteiger partial charge in [-0.2, -0.15) is 0 Å². The molecule has 3 amide bonds. The van der Waals surface area contributed by atoms with Crippen LogP contribution in [0, 0.1) is 5.82 Å². The molecule has 1 N–H and O–H groups in total. The molecule has 196 valence electrons. The second-order valence-corrected chi connectivity index (χ2v) is 10.3. The van der Waals surface area contributed by atoms with Crippen molar-refractivity contribution in [1.29, 1.82) is 0 Å². The van der Waals surface area contributed by atoms with Crippen LogP contribution >= 0.6 is 39.3 Å². The summed E-state index contributed by atoms with van der Waals surface area (Å²) in [5.41, 5.74) is 1.81. The standard InChI is InChI=1S/C27H21BrClFN2O5S/c1-2-36-22-12-17(11-21(28)25(22)37-15-24(33)31-20-9-7-19(30)8-10-20)13-23-26(34)32(27(35)38-23)14-16-3-5-18(29)6-4-16/h3-13H,2,14-15H2,1H3,(H,31,33)/b23-13+. The van der Waals surface area contributed by atoms with E-state index in [4.69, 9.17) is 21.1 Å². The second-order valence-electron chi connectivity index (χ2n) is 8.00. The van der Waals surface area contributed by atoms with Crippen molar-refractivity contribution in [2.45, 2.75) is 13.5 Å². The molecule has 3 aromatic rings. The number of nitrogens with zero attached hydrogens (tertiary/aromatic N) is 1. The van der Waals surface area contributed by atoms with Crippen molar-refractivity contribution < 1.29 is 28.2 Å². The van der Waals surface area contributed by atoms with Crippen LogP contribution < -0.4 is 14.8 Å². The Hall–Kier alpha value is -3.34. The van der Waals surface area contributed by atoms with Crippen molar-refractivity contribution in [2.75, 3.05) is 18.5 Å². The fraction of sp³-hybridized carbons (Fsp3) is 0.148. The van der Waals surface area contributed by atoms with E-state index in [0.717, 1.165) is 17.3 Å². The maximum Gasteiger partial charge on any atom is 0.293 e. The van der Waals surface area contributed by atoms with Crippen LogP contribution in [0.5, 0.6) is 11.5 Å². The largest absolute Gasteiger partial charge is 0.490 e. The average molecular weight is 620 g/mol. The molecule has 11 heteroatoms. The first kappa shape index (κ1) is 27.7. The van der Waals surface area contributed by atoms with Gasteiger partial charge in [0.1, 0.15) is 5.82 Å². The number of hydrogen-bond acceptors (Lipinski definition) is 6. The van der Waals surface area contributed by atoms with Gasteiger partial charge in [-0.25, -0.2) is 4.39 Å². The summed E-state index contributed by atoms with van der Waals surface area (Å²) in [4.78, 5) is 39.3. The quantitative estimate of drug-likeness (QED) is 0.263. The maximum absolute atomic E-state index is 13.1.